The largest absolute Gasteiger partial charge is 0.481 e. The number of imidazole rings is 1. The number of amides is 2. The number of nitrogens with one attached hydrogen (secondary N) is 2. The molecule has 0 aliphatic rings. The van der Waals surface area contributed by atoms with Crippen molar-refractivity contribution in [1.82, 2.24) is 20.2 Å². The second-order valence-corrected chi connectivity index (χ2v) is 21.1. The predicted molar refractivity (Wildman–Crippen MR) is 211 cm³/mol. The van der Waals surface area contributed by atoms with E-state index in [1.54, 1.807) is 27.1 Å². The first-order valence-electron chi connectivity index (χ1n) is 18.3. The van der Waals surface area contributed by atoms with E-state index in [4.69, 9.17) is 14.1 Å². The molecule has 0 saturated carbocycles. The van der Waals surface area contributed by atoms with Crippen molar-refractivity contribution in [2.45, 2.75) is 109 Å². The fourth-order valence-corrected chi connectivity index (χ4v) is 7.38. The van der Waals surface area contributed by atoms with E-state index in [-0.39, 0.29) is 5.04 Å². The number of alkyl carbamates (subject to hydrolysis) is 1. The minimum absolute atomic E-state index is 0.316. The molecule has 54 heavy (non-hydrogen) atoms. The van der Waals surface area contributed by atoms with Gasteiger partial charge in [0.2, 0.25) is 5.91 Å². The van der Waals surface area contributed by atoms with Crippen LogP contribution in [0.2, 0.25) is 18.1 Å². The van der Waals surface area contributed by atoms with Crippen LogP contribution in [0.5, 0.6) is 0 Å². The van der Waals surface area contributed by atoms with E-state index in [1.165, 1.54) is 13.8 Å². The highest BCUT2D eigenvalue weighted by Crippen LogP contribution is 2.43. The Morgan fingerprint density at radius 1 is 0.778 bits per heavy atom. The van der Waals surface area contributed by atoms with Crippen LogP contribution in [0, 0.1) is 5.92 Å². The first-order valence-corrected chi connectivity index (χ1v) is 21.2. The second-order valence-electron chi connectivity index (χ2n) is 16.4. The number of benzene rings is 3. The number of carbonyl (C=O) groups is 3. The number of carbonyl (C=O) groups excluding carboxylic acids is 2. The highest BCUT2D eigenvalue weighted by Gasteiger charge is 2.46. The Bertz CT molecular complexity index is 1760. The molecular weight excluding hydrogens is 701 g/mol. The lowest BCUT2D eigenvalue weighted by molar-refractivity contribution is -0.146. The van der Waals surface area contributed by atoms with Crippen molar-refractivity contribution in [3.8, 4) is 0 Å². The van der Waals surface area contributed by atoms with Crippen LogP contribution in [-0.2, 0) is 24.3 Å². The number of nitrogens with zero attached hydrogens (tertiary/aromatic N) is 2. The molecule has 0 bridgehead atoms. The Morgan fingerprint density at radius 3 is 1.65 bits per heavy atom. The monoisotopic (exact) mass is 756 g/mol. The van der Waals surface area contributed by atoms with E-state index >= 15 is 0 Å². The zero-order valence-corrected chi connectivity index (χ0v) is 34.0. The van der Waals surface area contributed by atoms with Crippen molar-refractivity contribution in [3.63, 3.8) is 0 Å². The van der Waals surface area contributed by atoms with Crippen LogP contribution in [0.1, 0.15) is 83.9 Å². The summed E-state index contributed by atoms with van der Waals surface area (Å²) in [5, 5.41) is 25.6. The lowest BCUT2D eigenvalue weighted by Gasteiger charge is -2.41. The van der Waals surface area contributed by atoms with Gasteiger partial charge in [-0.05, 0) is 69.4 Å². The standard InChI is InChI=1S/C42H56N4O7Si/c1-28(38(49)50)35(47)29(2)44-37(48)34(45-39(51)52-40(3,4)5)36(53-54(9,10)41(6,7)8)33-26-46(27-43-33)42(30-20-14-11-15-21-30,31-22-16-12-17-23-31)32-24-18-13-19-25-32/h11-29,34-36,47H,1-10H3,(H,44,48)(H,45,51)(H,49,50)/t28-,29+,34-,35-,36-/m0/s1. The summed E-state index contributed by atoms with van der Waals surface area (Å²) in [4.78, 5) is 44.6. The maximum atomic E-state index is 14.4. The van der Waals surface area contributed by atoms with E-state index in [9.17, 15) is 24.6 Å². The highest BCUT2D eigenvalue weighted by atomic mass is 28.4. The first-order chi connectivity index (χ1) is 25.2. The molecule has 0 radical (unpaired) electrons. The fraction of sp³-hybridized carbons (Fsp3) is 0.429. The molecule has 0 aliphatic carbocycles. The Kier molecular flexibility index (Phi) is 13.0. The number of aromatic nitrogens is 2. The summed E-state index contributed by atoms with van der Waals surface area (Å²) in [6, 6.07) is 27.8. The number of aliphatic hydroxyl groups is 1. The molecule has 11 nitrogen and oxygen atoms in total. The Balaban J connectivity index is 1.97. The van der Waals surface area contributed by atoms with Crippen molar-refractivity contribution in [2.24, 2.45) is 5.92 Å². The van der Waals surface area contributed by atoms with Crippen LogP contribution in [0.15, 0.2) is 104 Å². The van der Waals surface area contributed by atoms with Gasteiger partial charge < -0.3 is 34.6 Å². The van der Waals surface area contributed by atoms with Gasteiger partial charge in [-0.1, -0.05) is 112 Å². The van der Waals surface area contributed by atoms with Crippen LogP contribution in [0.3, 0.4) is 0 Å². The molecule has 1 heterocycles. The van der Waals surface area contributed by atoms with Gasteiger partial charge in [0.1, 0.15) is 23.3 Å². The Labute approximate surface area is 320 Å². The summed E-state index contributed by atoms with van der Waals surface area (Å²) in [7, 11) is -2.73. The number of hydrogen-bond acceptors (Lipinski definition) is 7. The van der Waals surface area contributed by atoms with E-state index in [0.29, 0.717) is 5.69 Å². The number of ether oxygens (including phenoxy) is 1. The molecule has 3 aromatic carbocycles. The van der Waals surface area contributed by atoms with Crippen molar-refractivity contribution in [1.29, 1.82) is 0 Å². The molecule has 0 unspecified atom stereocenters. The second kappa shape index (κ2) is 16.7. The van der Waals surface area contributed by atoms with E-state index in [2.05, 4.69) is 67.8 Å². The summed E-state index contributed by atoms with van der Waals surface area (Å²) >= 11 is 0. The van der Waals surface area contributed by atoms with Gasteiger partial charge in [-0.25, -0.2) is 9.78 Å². The average molecular weight is 757 g/mol. The van der Waals surface area contributed by atoms with E-state index < -0.39 is 67.6 Å². The maximum Gasteiger partial charge on any atom is 0.408 e. The molecule has 4 aromatic rings. The molecule has 12 heteroatoms. The average Bonchev–Trinajstić information content (AvgIpc) is 3.59. The normalized spacial score (nSPS) is 15.3. The summed E-state index contributed by atoms with van der Waals surface area (Å²) in [5.74, 6) is -3.09. The minimum Gasteiger partial charge on any atom is -0.481 e. The zero-order chi connectivity index (χ0) is 40.1. The van der Waals surface area contributed by atoms with Crippen LogP contribution >= 0.6 is 0 Å². The lowest BCUT2D eigenvalue weighted by Crippen LogP contribution is -2.57. The summed E-state index contributed by atoms with van der Waals surface area (Å²) < 4.78 is 14.7. The van der Waals surface area contributed by atoms with Crippen molar-refractivity contribution < 1.29 is 33.8 Å². The summed E-state index contributed by atoms with van der Waals surface area (Å²) in [6.45, 7) is 18.3. The maximum absolute atomic E-state index is 14.4. The molecule has 0 fully saturated rings. The molecule has 4 N–H and O–H groups in total. The zero-order valence-electron chi connectivity index (χ0n) is 33.0. The number of aliphatic carboxylic acids is 1. The molecule has 0 saturated heterocycles. The van der Waals surface area contributed by atoms with Crippen molar-refractivity contribution in [2.75, 3.05) is 0 Å². The topological polar surface area (TPSA) is 152 Å². The van der Waals surface area contributed by atoms with Gasteiger partial charge in [-0.15, -0.1) is 0 Å². The van der Waals surface area contributed by atoms with Gasteiger partial charge >= 0.3 is 12.1 Å². The third-order valence-corrected chi connectivity index (χ3v) is 14.6. The summed E-state index contributed by atoms with van der Waals surface area (Å²) in [5.41, 5.74) is 1.46. The molecule has 290 valence electrons. The van der Waals surface area contributed by atoms with Crippen LogP contribution < -0.4 is 10.6 Å². The molecular formula is C42H56N4O7Si. The molecule has 0 spiro atoms. The van der Waals surface area contributed by atoms with Crippen molar-refractivity contribution in [3.05, 3.63) is 126 Å². The van der Waals surface area contributed by atoms with Crippen molar-refractivity contribution >= 4 is 26.3 Å². The van der Waals surface area contributed by atoms with Gasteiger partial charge in [0, 0.05) is 6.20 Å². The molecule has 5 atom stereocenters. The number of carboxylic acid groups (broad SMARTS) is 1. The number of aliphatic hydroxyl groups excluding tert-OH is 1. The van der Waals surface area contributed by atoms with Crippen LogP contribution in [0.4, 0.5) is 4.79 Å². The highest BCUT2D eigenvalue weighted by molar-refractivity contribution is 6.74. The molecule has 2 amide bonds. The molecule has 4 rings (SSSR count). The number of carboxylic acids is 1. The van der Waals surface area contributed by atoms with E-state index in [0.717, 1.165) is 16.7 Å². The molecule has 0 aliphatic heterocycles. The quantitative estimate of drug-likeness (QED) is 0.0775. The SMILES string of the molecule is C[C@H](C(=O)O)[C@H](O)[C@@H](C)NC(=O)[C@@H](NC(=O)OC(C)(C)C)[C@@H](O[Si](C)(C)C(C)(C)C)c1cn(C(c2ccccc2)(c2ccccc2)c2ccccc2)cn1. The molecule has 1 aromatic heterocycles. The van der Waals surface area contributed by atoms with Gasteiger partial charge in [-0.2, -0.15) is 0 Å². The van der Waals surface area contributed by atoms with Crippen LogP contribution in [-0.4, -0.2) is 69.8 Å². The van der Waals surface area contributed by atoms with Gasteiger partial charge in [0.05, 0.1) is 30.1 Å². The van der Waals surface area contributed by atoms with Crippen LogP contribution in [0.25, 0.3) is 0 Å². The number of hydrogen-bond donors (Lipinski definition) is 4. The Morgan fingerprint density at radius 2 is 1.24 bits per heavy atom. The predicted octanol–water partition coefficient (Wildman–Crippen LogP) is 7.27. The third kappa shape index (κ3) is 9.47. The van der Waals surface area contributed by atoms with Gasteiger partial charge in [0.15, 0.2) is 8.32 Å². The summed E-state index contributed by atoms with van der Waals surface area (Å²) in [6.07, 6.45) is 0.155. The number of rotatable bonds is 14. The lowest BCUT2D eigenvalue weighted by atomic mass is 9.77. The Hall–Kier alpha value is -4.78. The minimum atomic E-state index is -2.73. The fourth-order valence-electron chi connectivity index (χ4n) is 6.14. The third-order valence-electron chi connectivity index (χ3n) is 10.1. The first kappa shape index (κ1) is 42.0. The van der Waals surface area contributed by atoms with Gasteiger partial charge in [0.25, 0.3) is 0 Å². The smallest absolute Gasteiger partial charge is 0.408 e. The van der Waals surface area contributed by atoms with Gasteiger partial charge in [-0.3, -0.25) is 9.59 Å². The van der Waals surface area contributed by atoms with E-state index in [1.807, 2.05) is 78.5 Å².